The summed E-state index contributed by atoms with van der Waals surface area (Å²) in [5.74, 6) is 0. The fraction of sp³-hybridized carbons (Fsp3) is 0.0185. The zero-order chi connectivity index (χ0) is 37.1. The number of hydrogen-bond donors (Lipinski definition) is 0. The molecule has 2 heteroatoms. The number of nitrogens with zero attached hydrogens (tertiary/aromatic N) is 2. The van der Waals surface area contributed by atoms with Crippen molar-refractivity contribution in [2.45, 2.75) is 5.41 Å². The molecule has 0 aliphatic heterocycles. The van der Waals surface area contributed by atoms with E-state index in [0.29, 0.717) is 0 Å². The highest BCUT2D eigenvalue weighted by Crippen LogP contribution is 2.58. The van der Waals surface area contributed by atoms with Gasteiger partial charge in [0.1, 0.15) is 0 Å². The second-order valence-electron chi connectivity index (χ2n) is 14.7. The van der Waals surface area contributed by atoms with E-state index in [1.807, 2.05) is 6.20 Å². The Morgan fingerprint density at radius 3 is 1.52 bits per heavy atom. The molecule has 262 valence electrons. The van der Waals surface area contributed by atoms with Crippen LogP contribution >= 0.6 is 0 Å². The van der Waals surface area contributed by atoms with E-state index in [-0.39, 0.29) is 0 Å². The average Bonchev–Trinajstić information content (AvgIpc) is 3.86. The van der Waals surface area contributed by atoms with Crippen molar-refractivity contribution >= 4 is 16.3 Å². The van der Waals surface area contributed by atoms with Gasteiger partial charge in [0.2, 0.25) is 0 Å². The molecule has 56 heavy (non-hydrogen) atoms. The average molecular weight is 713 g/mol. The third-order valence-electron chi connectivity index (χ3n) is 11.8. The quantitative estimate of drug-likeness (QED) is 0.168. The van der Waals surface area contributed by atoms with Crippen LogP contribution in [0.25, 0.3) is 72.1 Å². The highest BCUT2D eigenvalue weighted by atomic mass is 15.2. The van der Waals surface area contributed by atoms with Crippen LogP contribution in [-0.4, -0.2) is 9.61 Å². The van der Waals surface area contributed by atoms with Crippen LogP contribution in [0.15, 0.2) is 219 Å². The summed E-state index contributed by atoms with van der Waals surface area (Å²) < 4.78 is 2.16. The number of benzene rings is 8. The number of aromatic nitrogens is 2. The fourth-order valence-corrected chi connectivity index (χ4v) is 9.45. The lowest BCUT2D eigenvalue weighted by molar-refractivity contribution is 0.768. The molecular weight excluding hydrogens is 677 g/mol. The van der Waals surface area contributed by atoms with E-state index in [0.717, 1.165) is 33.5 Å². The molecule has 11 rings (SSSR count). The van der Waals surface area contributed by atoms with Gasteiger partial charge in [0.05, 0.1) is 22.8 Å². The van der Waals surface area contributed by atoms with Crippen LogP contribution < -0.4 is 0 Å². The van der Waals surface area contributed by atoms with Gasteiger partial charge in [-0.1, -0.05) is 212 Å². The second-order valence-corrected chi connectivity index (χ2v) is 14.7. The third-order valence-corrected chi connectivity index (χ3v) is 11.8. The van der Waals surface area contributed by atoms with Crippen molar-refractivity contribution in [2.75, 3.05) is 0 Å². The summed E-state index contributed by atoms with van der Waals surface area (Å²) in [7, 11) is 0. The van der Waals surface area contributed by atoms with Crippen LogP contribution in [0.4, 0.5) is 0 Å². The molecule has 2 aromatic heterocycles. The predicted octanol–water partition coefficient (Wildman–Crippen LogP) is 13.5. The van der Waals surface area contributed by atoms with Gasteiger partial charge in [-0.3, -0.25) is 0 Å². The molecule has 1 aliphatic carbocycles. The summed E-state index contributed by atoms with van der Waals surface area (Å²) in [4.78, 5) is 0. The summed E-state index contributed by atoms with van der Waals surface area (Å²) in [6.07, 6.45) is 2.02. The molecule has 0 amide bonds. The monoisotopic (exact) mass is 712 g/mol. The van der Waals surface area contributed by atoms with Crippen molar-refractivity contribution in [1.29, 1.82) is 0 Å². The topological polar surface area (TPSA) is 17.3 Å². The Morgan fingerprint density at radius 2 is 0.839 bits per heavy atom. The second kappa shape index (κ2) is 12.9. The first-order valence-electron chi connectivity index (χ1n) is 19.3. The lowest BCUT2D eigenvalue weighted by atomic mass is 9.67. The maximum atomic E-state index is 5.11. The molecule has 8 aromatic carbocycles. The van der Waals surface area contributed by atoms with Gasteiger partial charge in [-0.25, -0.2) is 4.52 Å². The predicted molar refractivity (Wildman–Crippen MR) is 232 cm³/mol. The van der Waals surface area contributed by atoms with E-state index in [2.05, 4.69) is 217 Å². The van der Waals surface area contributed by atoms with Crippen LogP contribution in [0.3, 0.4) is 0 Å². The Labute approximate surface area is 326 Å². The summed E-state index contributed by atoms with van der Waals surface area (Å²) in [5, 5.41) is 7.50. The maximum absolute atomic E-state index is 5.11. The van der Waals surface area contributed by atoms with Crippen molar-refractivity contribution in [1.82, 2.24) is 9.61 Å². The molecule has 0 bridgehead atoms. The molecule has 0 saturated carbocycles. The van der Waals surface area contributed by atoms with E-state index in [1.54, 1.807) is 0 Å². The Morgan fingerprint density at radius 1 is 0.339 bits per heavy atom. The Hall–Kier alpha value is -7.29. The fourth-order valence-electron chi connectivity index (χ4n) is 9.45. The van der Waals surface area contributed by atoms with Crippen molar-refractivity contribution in [3.63, 3.8) is 0 Å². The number of pyridine rings is 1. The highest BCUT2D eigenvalue weighted by Gasteiger charge is 2.46. The van der Waals surface area contributed by atoms with E-state index in [9.17, 15) is 0 Å². The van der Waals surface area contributed by atoms with Gasteiger partial charge in [-0.2, -0.15) is 5.10 Å². The van der Waals surface area contributed by atoms with E-state index >= 15 is 0 Å². The molecule has 0 radical (unpaired) electrons. The highest BCUT2D eigenvalue weighted by molar-refractivity contribution is 6.13. The molecule has 0 spiro atoms. The maximum Gasteiger partial charge on any atom is 0.0826 e. The van der Waals surface area contributed by atoms with Crippen LogP contribution in [-0.2, 0) is 5.41 Å². The molecule has 10 aromatic rings. The minimum absolute atomic E-state index is 0.439. The number of rotatable bonds is 6. The van der Waals surface area contributed by atoms with Crippen molar-refractivity contribution in [3.8, 4) is 55.8 Å². The standard InChI is InChI=1S/C54H36N2/c1-5-18-37(19-6-1)47-36-55-56-52(40-20-7-2-8-21-40)50(44-26-13-14-27-45(44)53(47)56)39-34-32-38(33-35-39)43-29-17-31-49-51(43)46-28-15-16-30-48(46)54(49,41-22-9-3-10-23-41)42-24-11-4-12-25-42/h1-36H. The number of hydrogen-bond acceptors (Lipinski definition) is 1. The van der Waals surface area contributed by atoms with Gasteiger partial charge >= 0.3 is 0 Å². The van der Waals surface area contributed by atoms with Gasteiger partial charge in [0.15, 0.2) is 0 Å². The van der Waals surface area contributed by atoms with Gasteiger partial charge in [-0.15, -0.1) is 0 Å². The normalized spacial score (nSPS) is 12.8. The van der Waals surface area contributed by atoms with Gasteiger partial charge in [0, 0.05) is 22.1 Å². The van der Waals surface area contributed by atoms with Crippen LogP contribution in [0.1, 0.15) is 22.3 Å². The van der Waals surface area contributed by atoms with Crippen LogP contribution in [0.2, 0.25) is 0 Å². The zero-order valence-corrected chi connectivity index (χ0v) is 30.7. The lowest BCUT2D eigenvalue weighted by Gasteiger charge is -2.34. The lowest BCUT2D eigenvalue weighted by Crippen LogP contribution is -2.28. The van der Waals surface area contributed by atoms with Gasteiger partial charge < -0.3 is 0 Å². The van der Waals surface area contributed by atoms with E-state index in [1.165, 1.54) is 60.8 Å². The minimum atomic E-state index is -0.439. The first-order valence-corrected chi connectivity index (χ1v) is 19.3. The molecule has 0 N–H and O–H groups in total. The number of fused-ring (bicyclic) bond motifs is 6. The summed E-state index contributed by atoms with van der Waals surface area (Å²) in [5.41, 5.74) is 17.7. The van der Waals surface area contributed by atoms with Crippen molar-refractivity contribution in [2.24, 2.45) is 0 Å². The van der Waals surface area contributed by atoms with E-state index in [4.69, 9.17) is 5.10 Å². The molecule has 0 unspecified atom stereocenters. The van der Waals surface area contributed by atoms with Crippen LogP contribution in [0.5, 0.6) is 0 Å². The first kappa shape index (κ1) is 32.2. The van der Waals surface area contributed by atoms with Crippen LogP contribution in [0, 0.1) is 0 Å². The minimum Gasteiger partial charge on any atom is -0.231 e. The van der Waals surface area contributed by atoms with Crippen molar-refractivity contribution in [3.05, 3.63) is 241 Å². The van der Waals surface area contributed by atoms with E-state index < -0.39 is 5.41 Å². The Bertz CT molecular complexity index is 3000. The Balaban J connectivity index is 1.13. The summed E-state index contributed by atoms with van der Waals surface area (Å²) in [6.45, 7) is 0. The smallest absolute Gasteiger partial charge is 0.0826 e. The van der Waals surface area contributed by atoms with Gasteiger partial charge in [-0.05, 0) is 61.0 Å². The summed E-state index contributed by atoms with van der Waals surface area (Å²) >= 11 is 0. The summed E-state index contributed by atoms with van der Waals surface area (Å²) in [6, 6.07) is 77.2. The first-order chi connectivity index (χ1) is 27.8. The largest absolute Gasteiger partial charge is 0.231 e. The zero-order valence-electron chi connectivity index (χ0n) is 30.7. The van der Waals surface area contributed by atoms with Gasteiger partial charge in [0.25, 0.3) is 0 Å². The molecule has 0 saturated heterocycles. The Kier molecular flexibility index (Phi) is 7.43. The molecule has 1 aliphatic rings. The SMILES string of the molecule is c1ccc(-c2cnn3c(-c4ccccc4)c(-c4ccc(-c5cccc6c5-c5ccccc5C6(c5ccccc5)c5ccccc5)cc4)c4ccccc4c23)cc1. The molecule has 0 fully saturated rings. The molecule has 2 heterocycles. The molecular formula is C54H36N2. The molecule has 0 atom stereocenters. The third kappa shape index (κ3) is 4.73. The molecule has 2 nitrogen and oxygen atoms in total. The van der Waals surface area contributed by atoms with Crippen molar-refractivity contribution < 1.29 is 0 Å².